The van der Waals surface area contributed by atoms with Crippen LogP contribution in [0.3, 0.4) is 0 Å². The molecule has 9 heteroatoms. The summed E-state index contributed by atoms with van der Waals surface area (Å²) in [6.07, 6.45) is 0.645. The molecule has 0 spiro atoms. The summed E-state index contributed by atoms with van der Waals surface area (Å²) in [4.78, 5) is 11.0. The van der Waals surface area contributed by atoms with Gasteiger partial charge in [-0.15, -0.1) is 10.2 Å². The molecular formula is C10H10BrN5O2S. The van der Waals surface area contributed by atoms with Crippen molar-refractivity contribution in [2.24, 2.45) is 0 Å². The highest BCUT2D eigenvalue weighted by Gasteiger charge is 2.18. The van der Waals surface area contributed by atoms with Crippen molar-refractivity contribution in [3.63, 3.8) is 0 Å². The van der Waals surface area contributed by atoms with Gasteiger partial charge in [0.15, 0.2) is 5.82 Å². The quantitative estimate of drug-likeness (QED) is 0.519. The molecule has 0 saturated carbocycles. The van der Waals surface area contributed by atoms with E-state index in [0.29, 0.717) is 26.8 Å². The maximum Gasteiger partial charge on any atom is 0.284 e. The molecule has 0 unspecified atom stereocenters. The first kappa shape index (κ1) is 13.8. The molecule has 0 amide bonds. The smallest absolute Gasteiger partial charge is 0.284 e. The Hall–Kier alpha value is -1.61. The van der Waals surface area contributed by atoms with E-state index in [2.05, 4.69) is 26.1 Å². The average Bonchev–Trinajstić information content (AvgIpc) is 2.72. The number of nitro groups is 1. The van der Waals surface area contributed by atoms with Crippen LogP contribution in [0.2, 0.25) is 0 Å². The molecule has 0 saturated heterocycles. The molecule has 0 aliphatic carbocycles. The summed E-state index contributed by atoms with van der Waals surface area (Å²) >= 11 is 4.32. The van der Waals surface area contributed by atoms with Crippen LogP contribution in [-0.4, -0.2) is 19.8 Å². The average molecular weight is 344 g/mol. The molecule has 1 heterocycles. The Labute approximate surface area is 121 Å². The maximum atomic E-state index is 11.0. The molecule has 0 radical (unpaired) electrons. The third-order valence-electron chi connectivity index (χ3n) is 2.37. The highest BCUT2D eigenvalue weighted by atomic mass is 79.9. The molecule has 0 bridgehead atoms. The molecule has 0 aliphatic heterocycles. The first-order chi connectivity index (χ1) is 9.02. The van der Waals surface area contributed by atoms with Crippen molar-refractivity contribution >= 4 is 33.4 Å². The van der Waals surface area contributed by atoms with E-state index >= 15 is 0 Å². The van der Waals surface area contributed by atoms with Crippen molar-refractivity contribution in [3.05, 3.63) is 38.6 Å². The van der Waals surface area contributed by atoms with Crippen molar-refractivity contribution in [1.82, 2.24) is 14.9 Å². The van der Waals surface area contributed by atoms with Crippen molar-refractivity contribution < 1.29 is 4.92 Å². The molecule has 7 nitrogen and oxygen atoms in total. The molecule has 0 fully saturated rings. The largest absolute Gasteiger partial charge is 0.336 e. The Balaban J connectivity index is 2.37. The number of hydrogen-bond acceptors (Lipinski definition) is 6. The summed E-state index contributed by atoms with van der Waals surface area (Å²) in [6.45, 7) is 1.91. The van der Waals surface area contributed by atoms with Crippen LogP contribution in [0.25, 0.3) is 0 Å². The molecular weight excluding hydrogens is 334 g/mol. The lowest BCUT2D eigenvalue weighted by molar-refractivity contribution is -0.387. The second kappa shape index (κ2) is 5.57. The first-order valence-electron chi connectivity index (χ1n) is 5.34. The number of halogens is 1. The lowest BCUT2D eigenvalue weighted by Crippen LogP contribution is -2.13. The fourth-order valence-corrected chi connectivity index (χ4v) is 2.64. The van der Waals surface area contributed by atoms with E-state index in [1.807, 2.05) is 6.92 Å². The number of nitrogen functional groups attached to an aromatic ring is 1. The van der Waals surface area contributed by atoms with Gasteiger partial charge in [0.25, 0.3) is 5.69 Å². The van der Waals surface area contributed by atoms with E-state index in [4.69, 9.17) is 5.84 Å². The predicted molar refractivity (Wildman–Crippen MR) is 74.5 cm³/mol. The van der Waals surface area contributed by atoms with Crippen LogP contribution < -0.4 is 5.84 Å². The second-order valence-corrected chi connectivity index (χ2v) is 5.52. The third-order valence-corrected chi connectivity index (χ3v) is 3.89. The Bertz CT molecular complexity index is 630. The summed E-state index contributed by atoms with van der Waals surface area (Å²) in [5.74, 6) is 6.44. The number of hydrogen-bond donors (Lipinski definition) is 1. The van der Waals surface area contributed by atoms with E-state index < -0.39 is 4.92 Å². The van der Waals surface area contributed by atoms with Gasteiger partial charge in [0.1, 0.15) is 0 Å². The molecule has 2 rings (SSSR count). The zero-order chi connectivity index (χ0) is 14.0. The fraction of sp³-hybridized carbons (Fsp3) is 0.200. The number of rotatable bonds is 4. The van der Waals surface area contributed by atoms with E-state index in [1.54, 1.807) is 12.1 Å². The molecule has 2 N–H and O–H groups in total. The minimum absolute atomic E-state index is 0.000392. The van der Waals surface area contributed by atoms with E-state index in [0.717, 1.165) is 11.8 Å². The summed E-state index contributed by atoms with van der Waals surface area (Å²) in [6, 6.07) is 4.82. The van der Waals surface area contributed by atoms with Crippen molar-refractivity contribution in [2.75, 3.05) is 5.84 Å². The first-order valence-corrected chi connectivity index (χ1v) is 6.95. The predicted octanol–water partition coefficient (Wildman–Crippen LogP) is 2.38. The maximum absolute atomic E-state index is 11.0. The molecule has 0 atom stereocenters. The number of nitrogens with two attached hydrogens (primary N) is 1. The van der Waals surface area contributed by atoms with Gasteiger partial charge < -0.3 is 5.84 Å². The van der Waals surface area contributed by atoms with Gasteiger partial charge in [-0.2, -0.15) is 0 Å². The number of aromatic nitrogens is 3. The standard InChI is InChI=1S/C10H10BrN5O2S/c1-2-9-13-14-10(15(9)12)19-8-4-3-6(11)5-7(8)16(17)18/h3-5H,2,12H2,1H3. The SMILES string of the molecule is CCc1nnc(Sc2ccc(Br)cc2[N+](=O)[O-])n1N. The van der Waals surface area contributed by atoms with Crippen LogP contribution in [0.1, 0.15) is 12.7 Å². The minimum atomic E-state index is -0.439. The van der Waals surface area contributed by atoms with E-state index in [-0.39, 0.29) is 5.69 Å². The van der Waals surface area contributed by atoms with Gasteiger partial charge in [0.05, 0.1) is 9.82 Å². The fourth-order valence-electron chi connectivity index (χ4n) is 1.44. The topological polar surface area (TPSA) is 99.9 Å². The third kappa shape index (κ3) is 2.87. The van der Waals surface area contributed by atoms with Gasteiger partial charge in [-0.05, 0) is 23.9 Å². The Kier molecular flexibility index (Phi) is 4.05. The molecule has 2 aromatic rings. The zero-order valence-electron chi connectivity index (χ0n) is 9.91. The van der Waals surface area contributed by atoms with Crippen molar-refractivity contribution in [3.8, 4) is 0 Å². The number of nitro benzene ring substituents is 1. The van der Waals surface area contributed by atoms with Crippen LogP contribution >= 0.6 is 27.7 Å². The van der Waals surface area contributed by atoms with Crippen LogP contribution in [0.4, 0.5) is 5.69 Å². The van der Waals surface area contributed by atoms with Crippen molar-refractivity contribution in [1.29, 1.82) is 0 Å². The van der Waals surface area contributed by atoms with Crippen LogP contribution in [-0.2, 0) is 6.42 Å². The number of nitrogens with zero attached hydrogens (tertiary/aromatic N) is 4. The second-order valence-electron chi connectivity index (χ2n) is 3.59. The Morgan fingerprint density at radius 2 is 2.26 bits per heavy atom. The highest BCUT2D eigenvalue weighted by Crippen LogP contribution is 2.35. The molecule has 1 aromatic carbocycles. The molecule has 100 valence electrons. The van der Waals surface area contributed by atoms with Gasteiger partial charge in [-0.1, -0.05) is 22.9 Å². The summed E-state index contributed by atoms with van der Waals surface area (Å²) in [5, 5.41) is 19.3. The van der Waals surface area contributed by atoms with Gasteiger partial charge in [0, 0.05) is 17.0 Å². The monoisotopic (exact) mass is 343 g/mol. The van der Waals surface area contributed by atoms with Crippen LogP contribution in [0, 0.1) is 10.1 Å². The highest BCUT2D eigenvalue weighted by molar-refractivity contribution is 9.10. The minimum Gasteiger partial charge on any atom is -0.336 e. The number of benzene rings is 1. The molecule has 1 aromatic heterocycles. The normalized spacial score (nSPS) is 10.6. The van der Waals surface area contributed by atoms with E-state index in [1.165, 1.54) is 10.7 Å². The molecule has 0 aliphatic rings. The Morgan fingerprint density at radius 1 is 1.53 bits per heavy atom. The van der Waals surface area contributed by atoms with Crippen molar-refractivity contribution in [2.45, 2.75) is 23.4 Å². The van der Waals surface area contributed by atoms with E-state index in [9.17, 15) is 10.1 Å². The van der Waals surface area contributed by atoms with Crippen LogP contribution in [0.15, 0.2) is 32.7 Å². The van der Waals surface area contributed by atoms with Gasteiger partial charge in [0.2, 0.25) is 5.16 Å². The Morgan fingerprint density at radius 3 is 2.84 bits per heavy atom. The van der Waals surface area contributed by atoms with Gasteiger partial charge in [-0.25, -0.2) is 4.68 Å². The summed E-state index contributed by atoms with van der Waals surface area (Å²) in [5.41, 5.74) is 0.000392. The van der Waals surface area contributed by atoms with Crippen LogP contribution in [0.5, 0.6) is 0 Å². The molecule has 19 heavy (non-hydrogen) atoms. The lowest BCUT2D eigenvalue weighted by Gasteiger charge is -2.03. The zero-order valence-corrected chi connectivity index (χ0v) is 12.3. The van der Waals surface area contributed by atoms with Gasteiger partial charge >= 0.3 is 0 Å². The van der Waals surface area contributed by atoms with Gasteiger partial charge in [-0.3, -0.25) is 10.1 Å². The number of aryl methyl sites for hydroxylation is 1. The summed E-state index contributed by atoms with van der Waals surface area (Å²) < 4.78 is 1.99. The lowest BCUT2D eigenvalue weighted by atomic mass is 10.3. The summed E-state index contributed by atoms with van der Waals surface area (Å²) in [7, 11) is 0.